The molecule has 5 nitrogen and oxygen atoms in total. The number of thiol groups is 1. The molecule has 1 amide bonds. The van der Waals surface area contributed by atoms with Gasteiger partial charge in [-0.25, -0.2) is 9.10 Å². The second kappa shape index (κ2) is 8.12. The predicted octanol–water partition coefficient (Wildman–Crippen LogP) is 4.68. The Hall–Kier alpha value is -2.12. The number of carbonyl (C=O) groups excluding carboxylic acids is 1. The molecule has 0 saturated carbocycles. The lowest BCUT2D eigenvalue weighted by molar-refractivity contribution is 0.187. The largest absolute Gasteiger partial charge is 0.507 e. The predicted molar refractivity (Wildman–Crippen MR) is 102 cm³/mol. The van der Waals surface area contributed by atoms with Crippen LogP contribution in [0.1, 0.15) is 16.7 Å². The molecule has 0 aliphatic heterocycles. The summed E-state index contributed by atoms with van der Waals surface area (Å²) in [7, 11) is 2.55. The molecule has 0 radical (unpaired) electrons. The number of carbonyl (C=O) groups is 1. The second-order valence-electron chi connectivity index (χ2n) is 5.17. The summed E-state index contributed by atoms with van der Waals surface area (Å²) in [5.74, 6) is 0.625. The lowest BCUT2D eigenvalue weighted by Gasteiger charge is -2.14. The minimum Gasteiger partial charge on any atom is -0.507 e. The van der Waals surface area contributed by atoms with E-state index >= 15 is 0 Å². The number of aryl methyl sites for hydroxylation is 2. The van der Waals surface area contributed by atoms with Gasteiger partial charge < -0.3 is 9.84 Å². The van der Waals surface area contributed by atoms with Gasteiger partial charge in [-0.1, -0.05) is 23.8 Å². The maximum atomic E-state index is 11.8. The van der Waals surface area contributed by atoms with Crippen molar-refractivity contribution in [1.82, 2.24) is 4.31 Å². The number of rotatable bonds is 4. The third kappa shape index (κ3) is 4.46. The number of phenolic OH excluding ortho intramolecular Hbond substituents is 1. The number of benzene rings is 2. The molecule has 0 fully saturated rings. The van der Waals surface area contributed by atoms with Crippen LogP contribution in [0.4, 0.5) is 10.5 Å². The lowest BCUT2D eigenvalue weighted by atomic mass is 10.1. The van der Waals surface area contributed by atoms with Gasteiger partial charge in [0.25, 0.3) is 0 Å². The van der Waals surface area contributed by atoms with Gasteiger partial charge >= 0.3 is 6.09 Å². The average Bonchev–Trinajstić information content (AvgIpc) is 2.54. The summed E-state index contributed by atoms with van der Waals surface area (Å²) in [4.78, 5) is 16.2. The average molecular weight is 362 g/mol. The first-order valence-corrected chi connectivity index (χ1v) is 8.95. The molecular formula is C17H18N2O3S2. The second-order valence-corrected chi connectivity index (χ2v) is 6.37. The van der Waals surface area contributed by atoms with Crippen molar-refractivity contribution in [3.8, 4) is 11.5 Å². The number of aliphatic imine (C=N–C) groups is 1. The normalized spacial score (nSPS) is 10.8. The van der Waals surface area contributed by atoms with Crippen LogP contribution < -0.4 is 4.74 Å². The molecule has 2 aromatic rings. The Morgan fingerprint density at radius 1 is 1.29 bits per heavy atom. The van der Waals surface area contributed by atoms with Crippen LogP contribution >= 0.6 is 22.6 Å². The summed E-state index contributed by atoms with van der Waals surface area (Å²) in [6, 6.07) is 10.5. The van der Waals surface area contributed by atoms with Gasteiger partial charge in [-0.3, -0.25) is 4.99 Å². The van der Waals surface area contributed by atoms with Gasteiger partial charge in [-0.15, -0.1) is 0 Å². The highest BCUT2D eigenvalue weighted by atomic mass is 33.1. The Balaban J connectivity index is 2.24. The molecule has 0 aliphatic rings. The molecule has 126 valence electrons. The minimum absolute atomic E-state index is 0.175. The number of para-hydroxylation sites is 1. The van der Waals surface area contributed by atoms with E-state index in [0.29, 0.717) is 11.3 Å². The molecule has 0 bridgehead atoms. The summed E-state index contributed by atoms with van der Waals surface area (Å²) >= 11 is 3.95. The van der Waals surface area contributed by atoms with Crippen molar-refractivity contribution in [2.45, 2.75) is 13.8 Å². The molecule has 2 aromatic carbocycles. The van der Waals surface area contributed by atoms with E-state index in [1.54, 1.807) is 43.6 Å². The summed E-state index contributed by atoms with van der Waals surface area (Å²) in [5.41, 5.74) is 3.14. The number of amides is 1. The molecule has 2 rings (SSSR count). The summed E-state index contributed by atoms with van der Waals surface area (Å²) in [6.45, 7) is 3.78. The van der Waals surface area contributed by atoms with Crippen LogP contribution in [0.25, 0.3) is 0 Å². The molecule has 0 aliphatic carbocycles. The van der Waals surface area contributed by atoms with Crippen molar-refractivity contribution in [2.75, 3.05) is 7.05 Å². The quantitative estimate of drug-likeness (QED) is 0.359. The van der Waals surface area contributed by atoms with Crippen LogP contribution in [-0.2, 0) is 0 Å². The topological polar surface area (TPSA) is 62.1 Å². The number of hydrogen-bond acceptors (Lipinski definition) is 6. The van der Waals surface area contributed by atoms with Crippen LogP contribution in [0, 0.1) is 13.8 Å². The summed E-state index contributed by atoms with van der Waals surface area (Å²) in [5, 5.41) is 9.78. The SMILES string of the molecule is Cc1cc(OC(=O)N(C)SS)cc(C)c1N=Cc1ccccc1O. The maximum absolute atomic E-state index is 11.8. The zero-order valence-electron chi connectivity index (χ0n) is 13.6. The molecule has 0 heterocycles. The number of phenols is 1. The van der Waals surface area contributed by atoms with Crippen LogP contribution in [0.3, 0.4) is 0 Å². The van der Waals surface area contributed by atoms with Gasteiger partial charge in [0.1, 0.15) is 11.5 Å². The Bertz CT molecular complexity index is 755. The standard InChI is InChI=1S/C17H18N2O3S2/c1-11-8-14(22-17(21)19(3)24-23)9-12(2)16(11)18-10-13-6-4-5-7-15(13)20/h4-10,20,23H,1-3H3. The summed E-state index contributed by atoms with van der Waals surface area (Å²) < 4.78 is 6.57. The smallest absolute Gasteiger partial charge is 0.425 e. The van der Waals surface area contributed by atoms with E-state index < -0.39 is 6.09 Å². The van der Waals surface area contributed by atoms with E-state index in [-0.39, 0.29) is 5.75 Å². The monoisotopic (exact) mass is 362 g/mol. The molecule has 7 heteroatoms. The van der Waals surface area contributed by atoms with Crippen molar-refractivity contribution >= 4 is 40.6 Å². The maximum Gasteiger partial charge on any atom is 0.425 e. The number of nitrogens with zero attached hydrogens (tertiary/aromatic N) is 2. The third-order valence-corrected chi connectivity index (χ3v) is 4.45. The number of ether oxygens (including phenoxy) is 1. The fraction of sp³-hybridized carbons (Fsp3) is 0.176. The Labute approximate surface area is 150 Å². The molecule has 1 N–H and O–H groups in total. The van der Waals surface area contributed by atoms with Crippen LogP contribution in [0.5, 0.6) is 11.5 Å². The zero-order chi connectivity index (χ0) is 17.7. The van der Waals surface area contributed by atoms with E-state index in [2.05, 4.69) is 16.7 Å². The van der Waals surface area contributed by atoms with E-state index in [4.69, 9.17) is 4.74 Å². The first-order valence-electron chi connectivity index (χ1n) is 7.12. The van der Waals surface area contributed by atoms with Gasteiger partial charge in [0.2, 0.25) is 0 Å². The molecule has 0 saturated heterocycles. The van der Waals surface area contributed by atoms with Crippen LogP contribution in [0.2, 0.25) is 0 Å². The van der Waals surface area contributed by atoms with Gasteiger partial charge in [-0.05, 0) is 49.2 Å². The Morgan fingerprint density at radius 2 is 1.92 bits per heavy atom. The third-order valence-electron chi connectivity index (χ3n) is 3.32. The summed E-state index contributed by atoms with van der Waals surface area (Å²) in [6.07, 6.45) is 1.11. The van der Waals surface area contributed by atoms with Crippen molar-refractivity contribution in [1.29, 1.82) is 0 Å². The van der Waals surface area contributed by atoms with Gasteiger partial charge in [0, 0.05) is 29.8 Å². The van der Waals surface area contributed by atoms with E-state index in [1.165, 1.54) is 4.31 Å². The molecule has 0 aromatic heterocycles. The van der Waals surface area contributed by atoms with E-state index in [9.17, 15) is 9.90 Å². The molecule has 24 heavy (non-hydrogen) atoms. The fourth-order valence-corrected chi connectivity index (χ4v) is 2.41. The molecular weight excluding hydrogens is 344 g/mol. The van der Waals surface area contributed by atoms with Crippen molar-refractivity contribution in [2.24, 2.45) is 4.99 Å². The first kappa shape index (κ1) is 18.2. The highest BCUT2D eigenvalue weighted by molar-refractivity contribution is 8.67. The van der Waals surface area contributed by atoms with Gasteiger partial charge in [0.05, 0.1) is 5.69 Å². The van der Waals surface area contributed by atoms with Crippen molar-refractivity contribution in [3.05, 3.63) is 53.1 Å². The zero-order valence-corrected chi connectivity index (χ0v) is 15.3. The van der Waals surface area contributed by atoms with Crippen molar-refractivity contribution in [3.63, 3.8) is 0 Å². The van der Waals surface area contributed by atoms with E-state index in [1.807, 2.05) is 19.9 Å². The first-order chi connectivity index (χ1) is 11.4. The molecule has 0 unspecified atom stereocenters. The molecule has 0 atom stereocenters. The van der Waals surface area contributed by atoms with Gasteiger partial charge in [0.15, 0.2) is 0 Å². The number of hydrogen-bond donors (Lipinski definition) is 2. The van der Waals surface area contributed by atoms with E-state index in [0.717, 1.165) is 27.8 Å². The van der Waals surface area contributed by atoms with Gasteiger partial charge in [-0.2, -0.15) is 0 Å². The Morgan fingerprint density at radius 3 is 2.50 bits per heavy atom. The lowest BCUT2D eigenvalue weighted by Crippen LogP contribution is -2.22. The minimum atomic E-state index is -0.501. The fourth-order valence-electron chi connectivity index (χ4n) is 2.11. The van der Waals surface area contributed by atoms with Crippen LogP contribution in [0.15, 0.2) is 41.4 Å². The number of aromatic hydroxyl groups is 1. The molecule has 0 spiro atoms. The van der Waals surface area contributed by atoms with Crippen LogP contribution in [-0.4, -0.2) is 28.8 Å². The van der Waals surface area contributed by atoms with Crippen molar-refractivity contribution < 1.29 is 14.6 Å². The highest BCUT2D eigenvalue weighted by Gasteiger charge is 2.12. The highest BCUT2D eigenvalue weighted by Crippen LogP contribution is 2.29. The Kier molecular flexibility index (Phi) is 6.16.